The van der Waals surface area contributed by atoms with Crippen LogP contribution in [0, 0.1) is 0 Å². The van der Waals surface area contributed by atoms with Crippen molar-refractivity contribution >= 4 is 17.1 Å². The van der Waals surface area contributed by atoms with Gasteiger partial charge in [0.15, 0.2) is 5.65 Å². The van der Waals surface area contributed by atoms with Crippen LogP contribution in [0.2, 0.25) is 0 Å². The average Bonchev–Trinajstić information content (AvgIpc) is 2.87. The first-order valence-electron chi connectivity index (χ1n) is 5.82. The van der Waals surface area contributed by atoms with Gasteiger partial charge in [-0.25, -0.2) is 9.97 Å². The van der Waals surface area contributed by atoms with E-state index >= 15 is 0 Å². The summed E-state index contributed by atoms with van der Waals surface area (Å²) in [6.45, 7) is 2.06. The van der Waals surface area contributed by atoms with E-state index in [1.165, 1.54) is 0 Å². The van der Waals surface area contributed by atoms with Crippen molar-refractivity contribution in [2.45, 2.75) is 13.3 Å². The maximum absolute atomic E-state index is 5.99. The first kappa shape index (κ1) is 10.8. The third-order valence-corrected chi connectivity index (χ3v) is 2.90. The van der Waals surface area contributed by atoms with Crippen LogP contribution < -0.4 is 5.73 Å². The monoisotopic (exact) mass is 242 g/mol. The molecule has 92 valence electrons. The number of anilines is 1. The summed E-state index contributed by atoms with van der Waals surface area (Å²) >= 11 is 0. The van der Waals surface area contributed by atoms with Crippen LogP contribution in [0.5, 0.6) is 0 Å². The van der Waals surface area contributed by atoms with Gasteiger partial charge in [-0.3, -0.25) is 9.25 Å². The number of rotatable bonds is 2. The van der Waals surface area contributed by atoms with Gasteiger partial charge in [0.2, 0.25) is 5.95 Å². The number of nitrogens with zero attached hydrogens (tertiary/aromatic N) is 5. The van der Waals surface area contributed by atoms with Gasteiger partial charge in [0, 0.05) is 19.4 Å². The minimum Gasteiger partial charge on any atom is -0.369 e. The van der Waals surface area contributed by atoms with E-state index in [0.717, 1.165) is 29.0 Å². The standard InChI is InChI=1S/C12H14N6/c1-3-8-10(7-17(2)16-8)18-11-9(15-12(18)13)5-4-6-14-11/h4-7H,3H2,1-2H3,(H2,13,15). The first-order valence-corrected chi connectivity index (χ1v) is 5.82. The van der Waals surface area contributed by atoms with E-state index in [9.17, 15) is 0 Å². The summed E-state index contributed by atoms with van der Waals surface area (Å²) in [4.78, 5) is 8.66. The SMILES string of the molecule is CCc1nn(C)cc1-n1c(N)nc2cccnc21. The molecule has 0 unspecified atom stereocenters. The number of pyridine rings is 1. The fourth-order valence-electron chi connectivity index (χ4n) is 2.13. The van der Waals surface area contributed by atoms with E-state index in [1.54, 1.807) is 10.9 Å². The lowest BCUT2D eigenvalue weighted by molar-refractivity contribution is 0.746. The molecule has 0 amide bonds. The van der Waals surface area contributed by atoms with Crippen molar-refractivity contribution in [3.05, 3.63) is 30.2 Å². The summed E-state index contributed by atoms with van der Waals surface area (Å²) in [5.41, 5.74) is 9.47. The van der Waals surface area contributed by atoms with Gasteiger partial charge in [0.05, 0.1) is 11.4 Å². The Hall–Kier alpha value is -2.37. The molecule has 0 atom stereocenters. The molecule has 6 heteroatoms. The molecule has 0 fully saturated rings. The summed E-state index contributed by atoms with van der Waals surface area (Å²) < 4.78 is 3.63. The number of hydrogen-bond acceptors (Lipinski definition) is 4. The second kappa shape index (κ2) is 3.83. The van der Waals surface area contributed by atoms with Gasteiger partial charge in [0.1, 0.15) is 5.52 Å². The predicted octanol–water partition coefficient (Wildman–Crippen LogP) is 1.30. The highest BCUT2D eigenvalue weighted by Gasteiger charge is 2.15. The summed E-state index contributed by atoms with van der Waals surface area (Å²) in [6.07, 6.45) is 4.51. The van der Waals surface area contributed by atoms with E-state index in [1.807, 2.05) is 29.9 Å². The molecule has 3 aromatic heterocycles. The van der Waals surface area contributed by atoms with Crippen molar-refractivity contribution < 1.29 is 0 Å². The topological polar surface area (TPSA) is 74.5 Å². The molecule has 0 aromatic carbocycles. The summed E-state index contributed by atoms with van der Waals surface area (Å²) in [7, 11) is 1.89. The Morgan fingerprint density at radius 3 is 3.00 bits per heavy atom. The van der Waals surface area contributed by atoms with Gasteiger partial charge < -0.3 is 5.73 Å². The maximum atomic E-state index is 5.99. The second-order valence-electron chi connectivity index (χ2n) is 4.14. The van der Waals surface area contributed by atoms with E-state index in [4.69, 9.17) is 5.73 Å². The fraction of sp³-hybridized carbons (Fsp3) is 0.250. The first-order chi connectivity index (χ1) is 8.70. The average molecular weight is 242 g/mol. The van der Waals surface area contributed by atoms with E-state index in [-0.39, 0.29) is 0 Å². The van der Waals surface area contributed by atoms with Crippen LogP contribution in [-0.4, -0.2) is 24.3 Å². The van der Waals surface area contributed by atoms with Crippen molar-refractivity contribution in [3.63, 3.8) is 0 Å². The number of aryl methyl sites for hydroxylation is 2. The Labute approximate surface area is 104 Å². The zero-order valence-electron chi connectivity index (χ0n) is 10.3. The molecule has 0 radical (unpaired) electrons. The molecule has 3 heterocycles. The Morgan fingerprint density at radius 1 is 1.39 bits per heavy atom. The van der Waals surface area contributed by atoms with Crippen LogP contribution in [0.15, 0.2) is 24.5 Å². The van der Waals surface area contributed by atoms with Gasteiger partial charge in [-0.2, -0.15) is 5.10 Å². The molecule has 6 nitrogen and oxygen atoms in total. The Bertz CT molecular complexity index is 709. The highest BCUT2D eigenvalue weighted by Crippen LogP contribution is 2.23. The van der Waals surface area contributed by atoms with Crippen LogP contribution in [-0.2, 0) is 13.5 Å². The third-order valence-electron chi connectivity index (χ3n) is 2.90. The molecule has 0 saturated heterocycles. The summed E-state index contributed by atoms with van der Waals surface area (Å²) in [5, 5.41) is 4.42. The van der Waals surface area contributed by atoms with Crippen molar-refractivity contribution in [1.29, 1.82) is 0 Å². The highest BCUT2D eigenvalue weighted by atomic mass is 15.3. The van der Waals surface area contributed by atoms with Crippen LogP contribution >= 0.6 is 0 Å². The van der Waals surface area contributed by atoms with Crippen molar-refractivity contribution in [3.8, 4) is 5.69 Å². The number of hydrogen-bond donors (Lipinski definition) is 1. The molecule has 0 spiro atoms. The van der Waals surface area contributed by atoms with E-state index in [2.05, 4.69) is 22.0 Å². The van der Waals surface area contributed by atoms with Crippen LogP contribution in [0.3, 0.4) is 0 Å². The number of fused-ring (bicyclic) bond motifs is 1. The van der Waals surface area contributed by atoms with Gasteiger partial charge in [-0.05, 0) is 18.6 Å². The van der Waals surface area contributed by atoms with Crippen LogP contribution in [0.4, 0.5) is 5.95 Å². The summed E-state index contributed by atoms with van der Waals surface area (Å²) in [5.74, 6) is 0.436. The molecule has 0 aliphatic heterocycles. The molecule has 0 saturated carbocycles. The maximum Gasteiger partial charge on any atom is 0.207 e. The largest absolute Gasteiger partial charge is 0.369 e. The van der Waals surface area contributed by atoms with Crippen molar-refractivity contribution in [1.82, 2.24) is 24.3 Å². The molecule has 3 aromatic rings. The molecule has 0 bridgehead atoms. The number of imidazole rings is 1. The fourth-order valence-corrected chi connectivity index (χ4v) is 2.13. The van der Waals surface area contributed by atoms with Gasteiger partial charge in [-0.15, -0.1) is 0 Å². The van der Waals surface area contributed by atoms with Crippen molar-refractivity contribution in [2.24, 2.45) is 7.05 Å². The minimum absolute atomic E-state index is 0.436. The lowest BCUT2D eigenvalue weighted by Crippen LogP contribution is -2.02. The Balaban J connectivity index is 2.33. The van der Waals surface area contributed by atoms with E-state index < -0.39 is 0 Å². The van der Waals surface area contributed by atoms with Crippen LogP contribution in [0.25, 0.3) is 16.9 Å². The Morgan fingerprint density at radius 2 is 2.22 bits per heavy atom. The smallest absolute Gasteiger partial charge is 0.207 e. The molecule has 18 heavy (non-hydrogen) atoms. The van der Waals surface area contributed by atoms with Gasteiger partial charge in [0.25, 0.3) is 0 Å². The molecular weight excluding hydrogens is 228 g/mol. The third kappa shape index (κ3) is 1.46. The second-order valence-corrected chi connectivity index (χ2v) is 4.14. The summed E-state index contributed by atoms with van der Waals surface area (Å²) in [6, 6.07) is 3.75. The molecule has 0 aliphatic rings. The Kier molecular flexibility index (Phi) is 2.29. The molecule has 0 aliphatic carbocycles. The number of aromatic nitrogens is 5. The quantitative estimate of drug-likeness (QED) is 0.735. The van der Waals surface area contributed by atoms with E-state index in [0.29, 0.717) is 5.95 Å². The number of nitrogens with two attached hydrogens (primary N) is 1. The zero-order chi connectivity index (χ0) is 12.7. The minimum atomic E-state index is 0.436. The zero-order valence-corrected chi connectivity index (χ0v) is 10.3. The normalized spacial score (nSPS) is 11.2. The predicted molar refractivity (Wildman–Crippen MR) is 69.4 cm³/mol. The molecule has 2 N–H and O–H groups in total. The lowest BCUT2D eigenvalue weighted by Gasteiger charge is -2.04. The number of nitrogen functional groups attached to an aromatic ring is 1. The van der Waals surface area contributed by atoms with Crippen LogP contribution in [0.1, 0.15) is 12.6 Å². The lowest BCUT2D eigenvalue weighted by atomic mass is 10.3. The molecular formula is C12H14N6. The van der Waals surface area contributed by atoms with Gasteiger partial charge in [-0.1, -0.05) is 6.92 Å². The van der Waals surface area contributed by atoms with Crippen molar-refractivity contribution in [2.75, 3.05) is 5.73 Å². The highest BCUT2D eigenvalue weighted by molar-refractivity contribution is 5.76. The molecule has 3 rings (SSSR count). The van der Waals surface area contributed by atoms with Gasteiger partial charge >= 0.3 is 0 Å².